The zero-order valence-corrected chi connectivity index (χ0v) is 12.9. The van der Waals surface area contributed by atoms with E-state index in [1.165, 1.54) is 16.8 Å². The number of carboxylic acids is 1. The van der Waals surface area contributed by atoms with Crippen LogP contribution in [0.25, 0.3) is 0 Å². The number of aliphatic carboxylic acids is 1. The van der Waals surface area contributed by atoms with Crippen molar-refractivity contribution in [2.75, 3.05) is 38.7 Å². The average molecular weight is 306 g/mol. The van der Waals surface area contributed by atoms with Crippen molar-refractivity contribution < 1.29 is 23.1 Å². The third-order valence-corrected chi connectivity index (χ3v) is 4.53. The Morgan fingerprint density at radius 2 is 2.00 bits per heavy atom. The Labute approximate surface area is 119 Å². The maximum atomic E-state index is 12.2. The number of piperidine rings is 1. The summed E-state index contributed by atoms with van der Waals surface area (Å²) in [5.74, 6) is -1.01. The van der Waals surface area contributed by atoms with E-state index in [0.717, 1.165) is 6.26 Å². The van der Waals surface area contributed by atoms with E-state index in [1.54, 1.807) is 6.92 Å². The van der Waals surface area contributed by atoms with E-state index in [2.05, 4.69) is 0 Å². The number of amides is 2. The van der Waals surface area contributed by atoms with Gasteiger partial charge < -0.3 is 14.9 Å². The van der Waals surface area contributed by atoms with Crippen molar-refractivity contribution in [2.24, 2.45) is 5.41 Å². The molecule has 0 radical (unpaired) electrons. The summed E-state index contributed by atoms with van der Waals surface area (Å²) in [5.41, 5.74) is -0.925. The molecule has 1 unspecified atom stereocenters. The van der Waals surface area contributed by atoms with Gasteiger partial charge in [-0.2, -0.15) is 0 Å². The quantitative estimate of drug-likeness (QED) is 0.804. The lowest BCUT2D eigenvalue weighted by Gasteiger charge is -2.39. The van der Waals surface area contributed by atoms with Crippen LogP contribution in [0.1, 0.15) is 19.8 Å². The maximum absolute atomic E-state index is 12.2. The Bertz CT molecular complexity index is 490. The van der Waals surface area contributed by atoms with Crippen LogP contribution in [-0.2, 0) is 14.6 Å². The van der Waals surface area contributed by atoms with Gasteiger partial charge in [-0.1, -0.05) is 0 Å². The topological polar surface area (TPSA) is 95.0 Å². The first-order valence-electron chi connectivity index (χ1n) is 6.46. The third-order valence-electron chi connectivity index (χ3n) is 3.61. The molecule has 0 aromatic carbocycles. The first-order chi connectivity index (χ1) is 9.05. The third kappa shape index (κ3) is 4.36. The van der Waals surface area contributed by atoms with E-state index < -0.39 is 21.2 Å². The number of carboxylic acid groups (broad SMARTS) is 1. The number of urea groups is 1. The van der Waals surface area contributed by atoms with E-state index in [0.29, 0.717) is 19.4 Å². The lowest BCUT2D eigenvalue weighted by atomic mass is 9.82. The summed E-state index contributed by atoms with van der Waals surface area (Å²) in [7, 11) is -1.60. The van der Waals surface area contributed by atoms with E-state index in [9.17, 15) is 23.1 Å². The number of hydrogen-bond acceptors (Lipinski definition) is 4. The molecule has 20 heavy (non-hydrogen) atoms. The smallest absolute Gasteiger partial charge is 0.319 e. The van der Waals surface area contributed by atoms with Gasteiger partial charge in [-0.15, -0.1) is 0 Å². The van der Waals surface area contributed by atoms with E-state index in [1.807, 2.05) is 0 Å². The zero-order valence-electron chi connectivity index (χ0n) is 12.1. The van der Waals surface area contributed by atoms with Crippen molar-refractivity contribution >= 4 is 21.8 Å². The number of sulfone groups is 1. The summed E-state index contributed by atoms with van der Waals surface area (Å²) < 4.78 is 22.2. The van der Waals surface area contributed by atoms with Crippen LogP contribution < -0.4 is 0 Å². The van der Waals surface area contributed by atoms with Crippen molar-refractivity contribution in [2.45, 2.75) is 19.8 Å². The lowest BCUT2D eigenvalue weighted by molar-refractivity contribution is -0.150. The highest BCUT2D eigenvalue weighted by Gasteiger charge is 2.39. The monoisotopic (exact) mass is 306 g/mol. The minimum absolute atomic E-state index is 0.0979. The molecule has 1 fully saturated rings. The van der Waals surface area contributed by atoms with Crippen molar-refractivity contribution in [1.29, 1.82) is 0 Å². The minimum atomic E-state index is -3.13. The molecule has 1 rings (SSSR count). The average Bonchev–Trinajstić information content (AvgIpc) is 2.34. The Morgan fingerprint density at radius 3 is 2.50 bits per heavy atom. The van der Waals surface area contributed by atoms with Gasteiger partial charge in [-0.3, -0.25) is 4.79 Å². The van der Waals surface area contributed by atoms with Crippen LogP contribution in [0, 0.1) is 5.41 Å². The summed E-state index contributed by atoms with van der Waals surface area (Å²) in [6.45, 7) is 2.40. The van der Waals surface area contributed by atoms with Gasteiger partial charge in [0.15, 0.2) is 0 Å². The second-order valence-corrected chi connectivity index (χ2v) is 7.98. The molecule has 0 bridgehead atoms. The van der Waals surface area contributed by atoms with E-state index in [4.69, 9.17) is 0 Å². The minimum Gasteiger partial charge on any atom is -0.481 e. The molecule has 1 saturated heterocycles. The fraction of sp³-hybridized carbons (Fsp3) is 0.833. The Morgan fingerprint density at radius 1 is 1.40 bits per heavy atom. The summed E-state index contributed by atoms with van der Waals surface area (Å²) in [5, 5.41) is 9.21. The molecule has 1 N–H and O–H groups in total. The summed E-state index contributed by atoms with van der Waals surface area (Å²) in [6, 6.07) is -0.319. The van der Waals surface area contributed by atoms with Gasteiger partial charge in [0.2, 0.25) is 0 Å². The van der Waals surface area contributed by atoms with Crippen molar-refractivity contribution in [1.82, 2.24) is 9.80 Å². The molecule has 2 amide bonds. The predicted octanol–water partition coefficient (Wildman–Crippen LogP) is 0.270. The van der Waals surface area contributed by atoms with Crippen molar-refractivity contribution in [3.05, 3.63) is 0 Å². The number of rotatable bonds is 4. The summed E-state index contributed by atoms with van der Waals surface area (Å²) in [4.78, 5) is 26.2. The largest absolute Gasteiger partial charge is 0.481 e. The van der Waals surface area contributed by atoms with Gasteiger partial charge in [0, 0.05) is 32.9 Å². The van der Waals surface area contributed by atoms with E-state index in [-0.39, 0.29) is 24.9 Å². The van der Waals surface area contributed by atoms with Gasteiger partial charge in [0.1, 0.15) is 9.84 Å². The number of likely N-dealkylation sites (tertiary alicyclic amines) is 1. The van der Waals surface area contributed by atoms with Crippen LogP contribution in [0.5, 0.6) is 0 Å². The standard InChI is InChI=1S/C12H22N2O5S/c1-12(10(15)16)5-4-6-14(9-12)11(17)13(2)7-8-20(3,18)19/h4-9H2,1-3H3,(H,15,16). The summed E-state index contributed by atoms with van der Waals surface area (Å²) in [6.07, 6.45) is 2.29. The summed E-state index contributed by atoms with van der Waals surface area (Å²) >= 11 is 0. The van der Waals surface area contributed by atoms with Crippen LogP contribution in [0.2, 0.25) is 0 Å². The Hall–Kier alpha value is -1.31. The molecule has 0 aromatic rings. The normalized spacial score (nSPS) is 23.4. The lowest BCUT2D eigenvalue weighted by Crippen LogP contribution is -2.52. The molecule has 7 nitrogen and oxygen atoms in total. The van der Waals surface area contributed by atoms with Crippen LogP contribution in [0.15, 0.2) is 0 Å². The molecule has 1 heterocycles. The van der Waals surface area contributed by atoms with Crippen molar-refractivity contribution in [3.63, 3.8) is 0 Å². The molecule has 8 heteroatoms. The fourth-order valence-electron chi connectivity index (χ4n) is 2.22. The van der Waals surface area contributed by atoms with Gasteiger partial charge in [-0.05, 0) is 19.8 Å². The van der Waals surface area contributed by atoms with Crippen LogP contribution >= 0.6 is 0 Å². The Balaban J connectivity index is 2.65. The number of carbonyl (C=O) groups is 2. The molecule has 1 aliphatic heterocycles. The van der Waals surface area contributed by atoms with Gasteiger partial charge in [0.05, 0.1) is 11.2 Å². The SMILES string of the molecule is CN(CCS(C)(=O)=O)C(=O)N1CCCC(C)(C(=O)O)C1. The molecule has 116 valence electrons. The van der Waals surface area contributed by atoms with Gasteiger partial charge >= 0.3 is 12.0 Å². The number of hydrogen-bond donors (Lipinski definition) is 1. The molecule has 0 aromatic heterocycles. The zero-order chi connectivity index (χ0) is 15.6. The van der Waals surface area contributed by atoms with Crippen LogP contribution in [0.4, 0.5) is 4.79 Å². The number of nitrogens with zero attached hydrogens (tertiary/aromatic N) is 2. The molecule has 0 aliphatic carbocycles. The van der Waals surface area contributed by atoms with Gasteiger partial charge in [-0.25, -0.2) is 13.2 Å². The molecule has 0 spiro atoms. The second-order valence-electron chi connectivity index (χ2n) is 5.72. The molecular weight excluding hydrogens is 284 g/mol. The van der Waals surface area contributed by atoms with Gasteiger partial charge in [0.25, 0.3) is 0 Å². The molecule has 1 aliphatic rings. The predicted molar refractivity (Wildman–Crippen MR) is 74.3 cm³/mol. The highest BCUT2D eigenvalue weighted by atomic mass is 32.2. The molecule has 0 saturated carbocycles. The molecular formula is C12H22N2O5S. The van der Waals surface area contributed by atoms with Crippen LogP contribution in [0.3, 0.4) is 0 Å². The highest BCUT2D eigenvalue weighted by Crippen LogP contribution is 2.30. The first kappa shape index (κ1) is 16.7. The molecule has 1 atom stereocenters. The number of carbonyl (C=O) groups excluding carboxylic acids is 1. The highest BCUT2D eigenvalue weighted by molar-refractivity contribution is 7.90. The first-order valence-corrected chi connectivity index (χ1v) is 8.52. The Kier molecular flexibility index (Phi) is 5.01. The second kappa shape index (κ2) is 5.99. The van der Waals surface area contributed by atoms with Crippen molar-refractivity contribution in [3.8, 4) is 0 Å². The van der Waals surface area contributed by atoms with Crippen LogP contribution in [-0.4, -0.2) is 74.0 Å². The fourth-order valence-corrected chi connectivity index (χ4v) is 2.82. The van der Waals surface area contributed by atoms with E-state index >= 15 is 0 Å². The maximum Gasteiger partial charge on any atom is 0.319 e.